The number of unbranched alkanes of at least 4 members (excludes halogenated alkanes) is 4. The van der Waals surface area contributed by atoms with Crippen LogP contribution in [0.15, 0.2) is 54.6 Å². The third kappa shape index (κ3) is 6.75. The van der Waals surface area contributed by atoms with Gasteiger partial charge in [0, 0.05) is 10.6 Å². The van der Waals surface area contributed by atoms with Crippen molar-refractivity contribution in [2.45, 2.75) is 65.2 Å². The number of esters is 1. The van der Waals surface area contributed by atoms with Crippen LogP contribution in [0.5, 0.6) is 5.75 Å². The number of ether oxygens (including phenoxy) is 1. The SMILES string of the molecule is CCCCCc1ccc(-c2ccc(C(=O)Oc3ccc(CCCCC)c(C#N)c3C#N)cc2)c(Cl)c1. The molecule has 0 aromatic heterocycles. The Kier molecular flexibility index (Phi) is 10.1. The van der Waals surface area contributed by atoms with Crippen molar-refractivity contribution in [3.63, 3.8) is 0 Å². The van der Waals surface area contributed by atoms with E-state index in [4.69, 9.17) is 16.3 Å². The molecule has 0 saturated carbocycles. The topological polar surface area (TPSA) is 73.9 Å². The molecule has 0 aliphatic carbocycles. The van der Waals surface area contributed by atoms with Gasteiger partial charge in [0.2, 0.25) is 0 Å². The van der Waals surface area contributed by atoms with Crippen molar-refractivity contribution in [1.29, 1.82) is 10.5 Å². The molecular weight excluding hydrogens is 468 g/mol. The van der Waals surface area contributed by atoms with Gasteiger partial charge in [-0.1, -0.05) is 81.5 Å². The second kappa shape index (κ2) is 13.5. The maximum atomic E-state index is 12.8. The van der Waals surface area contributed by atoms with Gasteiger partial charge in [0.1, 0.15) is 23.5 Å². The van der Waals surface area contributed by atoms with Crippen molar-refractivity contribution in [3.8, 4) is 29.0 Å². The van der Waals surface area contributed by atoms with Crippen molar-refractivity contribution in [2.75, 3.05) is 0 Å². The Hall–Kier alpha value is -3.60. The largest absolute Gasteiger partial charge is 0.421 e. The first-order valence-corrected chi connectivity index (χ1v) is 13.0. The maximum Gasteiger partial charge on any atom is 0.343 e. The predicted octanol–water partition coefficient (Wildman–Crippen LogP) is 8.43. The highest BCUT2D eigenvalue weighted by Gasteiger charge is 2.18. The number of benzene rings is 3. The first-order valence-electron chi connectivity index (χ1n) is 12.6. The van der Waals surface area contributed by atoms with E-state index in [1.54, 1.807) is 24.3 Å². The van der Waals surface area contributed by atoms with Crippen molar-refractivity contribution >= 4 is 17.6 Å². The maximum absolute atomic E-state index is 12.8. The standard InChI is InChI=1S/C31H31ClN2O2/c1-3-5-7-9-22-11-17-26(29(32)19-22)24-12-14-25(15-13-24)31(35)36-30-18-16-23(10-8-6-4-2)27(20-33)28(30)21-34/h11-19H,3-10H2,1-2H3. The summed E-state index contributed by atoms with van der Waals surface area (Å²) in [6, 6.07) is 20.7. The van der Waals surface area contributed by atoms with E-state index in [1.807, 2.05) is 30.3 Å². The minimum Gasteiger partial charge on any atom is -0.421 e. The predicted molar refractivity (Wildman–Crippen MR) is 144 cm³/mol. The van der Waals surface area contributed by atoms with Crippen LogP contribution in [0.4, 0.5) is 0 Å². The first kappa shape index (κ1) is 27.0. The van der Waals surface area contributed by atoms with Gasteiger partial charge in [-0.05, 0) is 66.6 Å². The molecule has 0 heterocycles. The van der Waals surface area contributed by atoms with Gasteiger partial charge < -0.3 is 4.74 Å². The number of carbonyl (C=O) groups excluding carboxylic acids is 1. The molecule has 184 valence electrons. The summed E-state index contributed by atoms with van der Waals surface area (Å²) >= 11 is 6.55. The summed E-state index contributed by atoms with van der Waals surface area (Å²) in [5.74, 6) is -0.484. The van der Waals surface area contributed by atoms with Crippen molar-refractivity contribution < 1.29 is 9.53 Å². The summed E-state index contributed by atoms with van der Waals surface area (Å²) in [5.41, 5.74) is 4.56. The van der Waals surface area contributed by atoms with E-state index in [1.165, 1.54) is 18.4 Å². The molecule has 5 heteroatoms. The zero-order valence-corrected chi connectivity index (χ0v) is 21.7. The van der Waals surface area contributed by atoms with Crippen LogP contribution in [-0.2, 0) is 12.8 Å². The molecule has 0 saturated heterocycles. The number of halogens is 1. The number of hydrogen-bond donors (Lipinski definition) is 0. The average molecular weight is 499 g/mol. The summed E-state index contributed by atoms with van der Waals surface area (Å²) < 4.78 is 5.54. The van der Waals surface area contributed by atoms with E-state index in [0.717, 1.165) is 48.8 Å². The molecule has 0 aliphatic heterocycles. The van der Waals surface area contributed by atoms with Crippen molar-refractivity contribution in [1.82, 2.24) is 0 Å². The molecule has 0 radical (unpaired) electrons. The highest BCUT2D eigenvalue weighted by molar-refractivity contribution is 6.33. The Bertz CT molecular complexity index is 1280. The molecule has 4 nitrogen and oxygen atoms in total. The van der Waals surface area contributed by atoms with E-state index in [-0.39, 0.29) is 16.9 Å². The molecule has 0 aliphatic rings. The summed E-state index contributed by atoms with van der Waals surface area (Å²) in [5, 5.41) is 20.0. The fourth-order valence-corrected chi connectivity index (χ4v) is 4.51. The fraction of sp³-hybridized carbons (Fsp3) is 0.323. The van der Waals surface area contributed by atoms with E-state index >= 15 is 0 Å². The molecule has 0 amide bonds. The molecule has 36 heavy (non-hydrogen) atoms. The molecule has 0 atom stereocenters. The van der Waals surface area contributed by atoms with Gasteiger partial charge in [-0.2, -0.15) is 10.5 Å². The van der Waals surface area contributed by atoms with Crippen LogP contribution in [-0.4, -0.2) is 5.97 Å². The van der Waals surface area contributed by atoms with Crippen LogP contribution in [0, 0.1) is 22.7 Å². The highest BCUT2D eigenvalue weighted by Crippen LogP contribution is 2.30. The number of carbonyl (C=O) groups is 1. The quantitative estimate of drug-likeness (QED) is 0.151. The summed E-state index contributed by atoms with van der Waals surface area (Å²) in [4.78, 5) is 12.8. The van der Waals surface area contributed by atoms with Gasteiger partial charge >= 0.3 is 5.97 Å². The second-order valence-corrected chi connectivity index (χ2v) is 9.30. The van der Waals surface area contributed by atoms with Crippen LogP contribution in [0.25, 0.3) is 11.1 Å². The lowest BCUT2D eigenvalue weighted by molar-refractivity contribution is 0.0734. The highest BCUT2D eigenvalue weighted by atomic mass is 35.5. The number of aryl methyl sites for hydroxylation is 2. The lowest BCUT2D eigenvalue weighted by Crippen LogP contribution is -2.10. The third-order valence-electron chi connectivity index (χ3n) is 6.26. The molecule has 0 N–H and O–H groups in total. The Morgan fingerprint density at radius 2 is 1.50 bits per heavy atom. The van der Waals surface area contributed by atoms with E-state index in [0.29, 0.717) is 17.0 Å². The monoisotopic (exact) mass is 498 g/mol. The van der Waals surface area contributed by atoms with Crippen LogP contribution in [0.3, 0.4) is 0 Å². The summed E-state index contributed by atoms with van der Waals surface area (Å²) in [7, 11) is 0. The minimum atomic E-state index is -0.585. The number of nitrogens with zero attached hydrogens (tertiary/aromatic N) is 2. The molecule has 0 fully saturated rings. The molecule has 3 aromatic carbocycles. The normalized spacial score (nSPS) is 10.5. The minimum absolute atomic E-state index is 0.0993. The fourth-order valence-electron chi connectivity index (χ4n) is 4.20. The van der Waals surface area contributed by atoms with Crippen molar-refractivity contribution in [3.05, 3.63) is 87.4 Å². The smallest absolute Gasteiger partial charge is 0.343 e. The van der Waals surface area contributed by atoms with Crippen molar-refractivity contribution in [2.24, 2.45) is 0 Å². The lowest BCUT2D eigenvalue weighted by atomic mass is 9.97. The molecule has 0 spiro atoms. The van der Waals surface area contributed by atoms with Crippen LogP contribution >= 0.6 is 11.6 Å². The van der Waals surface area contributed by atoms with Gasteiger partial charge in [-0.15, -0.1) is 0 Å². The number of rotatable bonds is 11. The van der Waals surface area contributed by atoms with Gasteiger partial charge in [0.15, 0.2) is 0 Å². The Labute approximate surface area is 219 Å². The van der Waals surface area contributed by atoms with E-state index < -0.39 is 5.97 Å². The van der Waals surface area contributed by atoms with Gasteiger partial charge in [-0.25, -0.2) is 4.79 Å². The van der Waals surface area contributed by atoms with Gasteiger partial charge in [0.05, 0.1) is 11.1 Å². The zero-order chi connectivity index (χ0) is 25.9. The van der Waals surface area contributed by atoms with Crippen LogP contribution < -0.4 is 4.74 Å². The van der Waals surface area contributed by atoms with E-state index in [2.05, 4.69) is 26.0 Å². The van der Waals surface area contributed by atoms with Gasteiger partial charge in [-0.3, -0.25) is 0 Å². The van der Waals surface area contributed by atoms with Gasteiger partial charge in [0.25, 0.3) is 0 Å². The molecule has 3 aromatic rings. The van der Waals surface area contributed by atoms with E-state index in [9.17, 15) is 15.3 Å². The second-order valence-electron chi connectivity index (χ2n) is 8.89. The van der Waals surface area contributed by atoms with Crippen LogP contribution in [0.2, 0.25) is 5.02 Å². The Balaban J connectivity index is 1.75. The average Bonchev–Trinajstić information content (AvgIpc) is 2.89. The first-order chi connectivity index (χ1) is 17.5. The lowest BCUT2D eigenvalue weighted by Gasteiger charge is -2.11. The summed E-state index contributed by atoms with van der Waals surface area (Å²) in [6.45, 7) is 4.30. The third-order valence-corrected chi connectivity index (χ3v) is 6.58. The molecule has 0 bridgehead atoms. The number of hydrogen-bond acceptors (Lipinski definition) is 4. The molecule has 0 unspecified atom stereocenters. The molecule has 3 rings (SSSR count). The summed E-state index contributed by atoms with van der Waals surface area (Å²) in [6.07, 6.45) is 8.31. The Morgan fingerprint density at radius 1 is 0.833 bits per heavy atom. The zero-order valence-electron chi connectivity index (χ0n) is 20.9. The molecular formula is C31H31ClN2O2. The van der Waals surface area contributed by atoms with Crippen LogP contribution in [0.1, 0.15) is 85.0 Å². The number of nitriles is 2. The Morgan fingerprint density at radius 3 is 2.11 bits per heavy atom.